The summed E-state index contributed by atoms with van der Waals surface area (Å²) in [4.78, 5) is 22.1. The molecule has 22 heavy (non-hydrogen) atoms. The molecule has 0 aliphatic carbocycles. The number of amidine groups is 1. The molecule has 7 nitrogen and oxygen atoms in total. The lowest BCUT2D eigenvalue weighted by molar-refractivity contribution is -0.132. The molecule has 1 aliphatic heterocycles. The molecule has 1 N–H and O–H groups in total. The maximum absolute atomic E-state index is 11.1. The molecule has 1 aromatic carbocycles. The highest BCUT2D eigenvalue weighted by Gasteiger charge is 2.16. The fourth-order valence-electron chi connectivity index (χ4n) is 1.58. The van der Waals surface area contributed by atoms with Gasteiger partial charge in [0.1, 0.15) is 0 Å². The molecule has 1 saturated heterocycles. The largest absolute Gasteiger partial charge is 0.493 e. The molecule has 1 aromatic rings. The molecule has 0 unspecified atom stereocenters. The molecule has 1 amide bonds. The lowest BCUT2D eigenvalue weighted by Gasteiger charge is -2.10. The van der Waals surface area contributed by atoms with Crippen molar-refractivity contribution in [2.45, 2.75) is 6.92 Å². The summed E-state index contributed by atoms with van der Waals surface area (Å²) in [5, 5.41) is 10.9. The summed E-state index contributed by atoms with van der Waals surface area (Å²) < 4.78 is 11.1. The van der Waals surface area contributed by atoms with Crippen LogP contribution in [0.4, 0.5) is 0 Å². The first-order valence-corrected chi connectivity index (χ1v) is 8.15. The number of methoxy groups -OCH3 is 1. The summed E-state index contributed by atoms with van der Waals surface area (Å²) in [5.41, 5.74) is 0.732. The van der Waals surface area contributed by atoms with E-state index in [1.807, 2.05) is 22.6 Å². The number of rotatable bonds is 4. The van der Waals surface area contributed by atoms with Crippen LogP contribution in [-0.4, -0.2) is 36.1 Å². The maximum Gasteiger partial charge on any atom is 0.308 e. The molecule has 0 atom stereocenters. The van der Waals surface area contributed by atoms with Crippen molar-refractivity contribution in [2.75, 3.05) is 12.9 Å². The number of nitrogens with zero attached hydrogens (tertiary/aromatic N) is 2. The number of nitrogens with one attached hydrogen (secondary N) is 1. The highest BCUT2D eigenvalue weighted by atomic mass is 127. The van der Waals surface area contributed by atoms with Crippen molar-refractivity contribution in [3.63, 3.8) is 0 Å². The third-order valence-electron chi connectivity index (χ3n) is 2.44. The zero-order valence-electron chi connectivity index (χ0n) is 11.8. The van der Waals surface area contributed by atoms with Crippen LogP contribution in [0, 0.1) is 3.57 Å². The molecule has 2 rings (SSSR count). The summed E-state index contributed by atoms with van der Waals surface area (Å²) in [7, 11) is 1.49. The first-order valence-electron chi connectivity index (χ1n) is 6.09. The van der Waals surface area contributed by atoms with Gasteiger partial charge in [-0.25, -0.2) is 0 Å². The summed E-state index contributed by atoms with van der Waals surface area (Å²) in [5.74, 6) is 0.660. The topological polar surface area (TPSA) is 89.3 Å². The molecule has 0 bridgehead atoms. The number of ether oxygens (including phenoxy) is 2. The second-order valence-corrected chi connectivity index (χ2v) is 6.24. The van der Waals surface area contributed by atoms with E-state index in [1.54, 1.807) is 12.1 Å². The van der Waals surface area contributed by atoms with Gasteiger partial charge in [0, 0.05) is 6.92 Å². The Kier molecular flexibility index (Phi) is 5.77. The number of amides is 1. The van der Waals surface area contributed by atoms with Crippen molar-refractivity contribution in [3.8, 4) is 11.5 Å². The third-order valence-corrected chi connectivity index (χ3v) is 4.10. The van der Waals surface area contributed by atoms with Gasteiger partial charge in [0.05, 0.1) is 22.6 Å². The van der Waals surface area contributed by atoms with Crippen molar-refractivity contribution in [3.05, 3.63) is 21.3 Å². The number of esters is 1. The van der Waals surface area contributed by atoms with Gasteiger partial charge in [-0.2, -0.15) is 5.10 Å². The minimum atomic E-state index is -0.418. The van der Waals surface area contributed by atoms with Crippen molar-refractivity contribution in [1.29, 1.82) is 0 Å². The molecule has 1 aliphatic rings. The molecule has 0 radical (unpaired) electrons. The quantitative estimate of drug-likeness (QED) is 0.257. The van der Waals surface area contributed by atoms with E-state index in [4.69, 9.17) is 9.47 Å². The van der Waals surface area contributed by atoms with Crippen LogP contribution in [0.15, 0.2) is 22.3 Å². The predicted molar refractivity (Wildman–Crippen MR) is 92.6 cm³/mol. The van der Waals surface area contributed by atoms with Crippen LogP contribution in [0.25, 0.3) is 0 Å². The second-order valence-electron chi connectivity index (χ2n) is 4.11. The fraction of sp³-hybridized carbons (Fsp3) is 0.231. The van der Waals surface area contributed by atoms with Gasteiger partial charge in [0.25, 0.3) is 0 Å². The SMILES string of the molecule is COc1cc(C=NN=C2NC(=O)CS2)cc(I)c1OC(C)=O. The molecule has 0 spiro atoms. The molecule has 1 fully saturated rings. The molecule has 0 aromatic heterocycles. The summed E-state index contributed by atoms with van der Waals surface area (Å²) in [6.07, 6.45) is 1.53. The van der Waals surface area contributed by atoms with Crippen LogP contribution in [0.3, 0.4) is 0 Å². The minimum absolute atomic E-state index is 0.0825. The highest BCUT2D eigenvalue weighted by molar-refractivity contribution is 14.1. The van der Waals surface area contributed by atoms with Crippen molar-refractivity contribution in [1.82, 2.24) is 5.32 Å². The summed E-state index contributed by atoms with van der Waals surface area (Å²) in [6.45, 7) is 1.33. The number of halogens is 1. The van der Waals surface area contributed by atoms with Gasteiger partial charge in [0.2, 0.25) is 5.91 Å². The fourth-order valence-corrected chi connectivity index (χ4v) is 2.95. The number of hydrogen-bond acceptors (Lipinski definition) is 7. The van der Waals surface area contributed by atoms with E-state index in [0.717, 1.165) is 5.56 Å². The molecular formula is C13H12IN3O4S. The van der Waals surface area contributed by atoms with Gasteiger partial charge in [-0.05, 0) is 40.3 Å². The van der Waals surface area contributed by atoms with E-state index in [9.17, 15) is 9.59 Å². The minimum Gasteiger partial charge on any atom is -0.493 e. The van der Waals surface area contributed by atoms with Crippen LogP contribution < -0.4 is 14.8 Å². The number of thioether (sulfide) groups is 1. The Bertz CT molecular complexity index is 675. The van der Waals surface area contributed by atoms with Gasteiger partial charge in [-0.1, -0.05) is 11.8 Å². The first kappa shape index (κ1) is 16.7. The molecule has 0 saturated carbocycles. The smallest absolute Gasteiger partial charge is 0.308 e. The van der Waals surface area contributed by atoms with Crippen molar-refractivity contribution >= 4 is 57.6 Å². The summed E-state index contributed by atoms with van der Waals surface area (Å²) >= 11 is 3.34. The Hall–Kier alpha value is -1.62. The maximum atomic E-state index is 11.1. The van der Waals surface area contributed by atoms with E-state index in [-0.39, 0.29) is 5.91 Å². The Morgan fingerprint density at radius 1 is 1.50 bits per heavy atom. The Labute approximate surface area is 144 Å². The van der Waals surface area contributed by atoms with Crippen molar-refractivity contribution < 1.29 is 19.1 Å². The van der Waals surface area contributed by atoms with E-state index < -0.39 is 5.97 Å². The third kappa shape index (κ3) is 4.44. The van der Waals surface area contributed by atoms with Crippen LogP contribution in [-0.2, 0) is 9.59 Å². The lowest BCUT2D eigenvalue weighted by atomic mass is 10.2. The average molecular weight is 433 g/mol. The number of benzene rings is 1. The molecule has 116 valence electrons. The number of carbonyl (C=O) groups is 2. The zero-order valence-corrected chi connectivity index (χ0v) is 14.7. The van der Waals surface area contributed by atoms with E-state index in [1.165, 1.54) is 32.0 Å². The number of hydrogen-bond donors (Lipinski definition) is 1. The van der Waals surface area contributed by atoms with Gasteiger partial charge in [0.15, 0.2) is 16.7 Å². The Morgan fingerprint density at radius 2 is 2.27 bits per heavy atom. The molecule has 1 heterocycles. The Balaban J connectivity index is 2.20. The Morgan fingerprint density at radius 3 is 2.86 bits per heavy atom. The van der Waals surface area contributed by atoms with E-state index >= 15 is 0 Å². The second kappa shape index (κ2) is 7.58. The van der Waals surface area contributed by atoms with Gasteiger partial charge >= 0.3 is 5.97 Å². The van der Waals surface area contributed by atoms with E-state index in [2.05, 4.69) is 15.5 Å². The first-order chi connectivity index (χ1) is 10.5. The van der Waals surface area contributed by atoms with Crippen molar-refractivity contribution in [2.24, 2.45) is 10.2 Å². The van der Waals surface area contributed by atoms with Gasteiger partial charge in [-0.15, -0.1) is 5.10 Å². The molecular weight excluding hydrogens is 421 g/mol. The van der Waals surface area contributed by atoms with Crippen LogP contribution in [0.1, 0.15) is 12.5 Å². The van der Waals surface area contributed by atoms with Crippen LogP contribution in [0.5, 0.6) is 11.5 Å². The van der Waals surface area contributed by atoms with E-state index in [0.29, 0.717) is 26.0 Å². The highest BCUT2D eigenvalue weighted by Crippen LogP contribution is 2.33. The normalized spacial score (nSPS) is 16.1. The standard InChI is InChI=1S/C13H12IN3O4S/c1-7(18)21-12-9(14)3-8(4-10(12)20-2)5-15-17-13-16-11(19)6-22-13/h3-5H,6H2,1-2H3,(H,16,17,19). The summed E-state index contributed by atoms with van der Waals surface area (Å²) in [6, 6.07) is 3.47. The zero-order chi connectivity index (χ0) is 16.1. The predicted octanol–water partition coefficient (Wildman–Crippen LogP) is 1.78. The van der Waals surface area contributed by atoms with Gasteiger partial charge < -0.3 is 14.8 Å². The van der Waals surface area contributed by atoms with Crippen LogP contribution >= 0.6 is 34.4 Å². The molecule has 9 heteroatoms. The van der Waals surface area contributed by atoms with Gasteiger partial charge in [-0.3, -0.25) is 9.59 Å². The van der Waals surface area contributed by atoms with Crippen LogP contribution in [0.2, 0.25) is 0 Å². The monoisotopic (exact) mass is 433 g/mol. The number of carbonyl (C=O) groups excluding carboxylic acids is 2. The lowest BCUT2D eigenvalue weighted by Crippen LogP contribution is -2.19. The average Bonchev–Trinajstić information content (AvgIpc) is 2.86.